The summed E-state index contributed by atoms with van der Waals surface area (Å²) in [7, 11) is 1.76. The molecular weight excluding hydrogens is 245 g/mol. The second-order valence-corrected chi connectivity index (χ2v) is 5.14. The number of nitrogen functional groups attached to an aromatic ring is 1. The third-order valence-corrected chi connectivity index (χ3v) is 3.74. The SMILES string of the molecule is CN(CC1CCCC1)C(=O)c1cccc(F)c1NN. The molecule has 1 fully saturated rings. The van der Waals surface area contributed by atoms with Gasteiger partial charge in [0.05, 0.1) is 11.3 Å². The number of hydrogen-bond donors (Lipinski definition) is 2. The number of anilines is 1. The molecule has 1 aliphatic carbocycles. The minimum Gasteiger partial charge on any atom is -0.341 e. The second kappa shape index (κ2) is 6.02. The molecule has 1 saturated carbocycles. The van der Waals surface area contributed by atoms with Crippen LogP contribution in [0, 0.1) is 11.7 Å². The van der Waals surface area contributed by atoms with E-state index < -0.39 is 5.82 Å². The van der Waals surface area contributed by atoms with Crippen molar-refractivity contribution in [1.82, 2.24) is 4.90 Å². The lowest BCUT2D eigenvalue weighted by molar-refractivity contribution is 0.0774. The average Bonchev–Trinajstić information content (AvgIpc) is 2.90. The largest absolute Gasteiger partial charge is 0.341 e. The summed E-state index contributed by atoms with van der Waals surface area (Å²) in [6.45, 7) is 0.722. The van der Waals surface area contributed by atoms with E-state index in [-0.39, 0.29) is 17.2 Å². The fourth-order valence-corrected chi connectivity index (χ4v) is 2.72. The normalized spacial score (nSPS) is 15.5. The summed E-state index contributed by atoms with van der Waals surface area (Å²) >= 11 is 0. The molecule has 0 heterocycles. The van der Waals surface area contributed by atoms with Crippen molar-refractivity contribution in [3.8, 4) is 0 Å². The number of amides is 1. The van der Waals surface area contributed by atoms with Crippen molar-refractivity contribution in [3.05, 3.63) is 29.6 Å². The maximum atomic E-state index is 13.6. The first-order valence-corrected chi connectivity index (χ1v) is 6.64. The van der Waals surface area contributed by atoms with Crippen LogP contribution in [0.5, 0.6) is 0 Å². The minimum atomic E-state index is -0.511. The van der Waals surface area contributed by atoms with Crippen LogP contribution in [-0.4, -0.2) is 24.4 Å². The number of nitrogens with zero attached hydrogens (tertiary/aromatic N) is 1. The lowest BCUT2D eigenvalue weighted by Gasteiger charge is -2.22. The molecule has 1 aliphatic rings. The van der Waals surface area contributed by atoms with Gasteiger partial charge in [0, 0.05) is 13.6 Å². The number of hydrogen-bond acceptors (Lipinski definition) is 3. The molecule has 19 heavy (non-hydrogen) atoms. The van der Waals surface area contributed by atoms with Gasteiger partial charge in [0.15, 0.2) is 0 Å². The van der Waals surface area contributed by atoms with Crippen LogP contribution in [0.1, 0.15) is 36.0 Å². The third-order valence-electron chi connectivity index (χ3n) is 3.74. The van der Waals surface area contributed by atoms with Gasteiger partial charge in [0.1, 0.15) is 5.82 Å². The molecule has 0 saturated heterocycles. The highest BCUT2D eigenvalue weighted by Crippen LogP contribution is 2.26. The van der Waals surface area contributed by atoms with Gasteiger partial charge in [-0.1, -0.05) is 18.9 Å². The van der Waals surface area contributed by atoms with Crippen LogP contribution in [0.25, 0.3) is 0 Å². The van der Waals surface area contributed by atoms with Crippen LogP contribution in [0.3, 0.4) is 0 Å². The summed E-state index contributed by atoms with van der Waals surface area (Å²) in [6, 6.07) is 4.39. The van der Waals surface area contributed by atoms with Gasteiger partial charge in [-0.15, -0.1) is 0 Å². The quantitative estimate of drug-likeness (QED) is 0.649. The first-order chi connectivity index (χ1) is 9.13. The Morgan fingerprint density at radius 2 is 2.16 bits per heavy atom. The highest BCUT2D eigenvalue weighted by Gasteiger charge is 2.22. The molecule has 0 atom stereocenters. The predicted octanol–water partition coefficient (Wildman–Crippen LogP) is 2.37. The number of para-hydroxylation sites is 1. The number of nitrogens with two attached hydrogens (primary N) is 1. The van der Waals surface area contributed by atoms with Crippen LogP contribution in [0.4, 0.5) is 10.1 Å². The van der Waals surface area contributed by atoms with Crippen molar-refractivity contribution in [2.75, 3.05) is 19.0 Å². The Balaban J connectivity index is 2.12. The van der Waals surface area contributed by atoms with Crippen LogP contribution in [0.2, 0.25) is 0 Å². The van der Waals surface area contributed by atoms with Crippen molar-refractivity contribution in [1.29, 1.82) is 0 Å². The highest BCUT2D eigenvalue weighted by atomic mass is 19.1. The fraction of sp³-hybridized carbons (Fsp3) is 0.500. The zero-order chi connectivity index (χ0) is 13.8. The van der Waals surface area contributed by atoms with Gasteiger partial charge in [-0.3, -0.25) is 10.6 Å². The molecule has 3 N–H and O–H groups in total. The number of rotatable bonds is 4. The van der Waals surface area contributed by atoms with E-state index in [9.17, 15) is 9.18 Å². The summed E-state index contributed by atoms with van der Waals surface area (Å²) in [5, 5.41) is 0. The maximum Gasteiger partial charge on any atom is 0.255 e. The Labute approximate surface area is 112 Å². The van der Waals surface area contributed by atoms with E-state index in [1.807, 2.05) is 0 Å². The maximum absolute atomic E-state index is 13.6. The minimum absolute atomic E-state index is 0.0609. The number of hydrazine groups is 1. The lowest BCUT2D eigenvalue weighted by atomic mass is 10.1. The van der Waals surface area contributed by atoms with Crippen molar-refractivity contribution < 1.29 is 9.18 Å². The van der Waals surface area contributed by atoms with E-state index in [2.05, 4.69) is 5.43 Å². The molecule has 0 aromatic heterocycles. The van der Waals surface area contributed by atoms with Gasteiger partial charge < -0.3 is 10.3 Å². The molecule has 1 aromatic rings. The van der Waals surface area contributed by atoms with Gasteiger partial charge >= 0.3 is 0 Å². The standard InChI is InChI=1S/C14H20FN3O/c1-18(9-10-5-2-3-6-10)14(19)11-7-4-8-12(15)13(11)17-16/h4,7-8,10,17H,2-3,5-6,9,16H2,1H3. The Morgan fingerprint density at radius 1 is 1.47 bits per heavy atom. The summed E-state index contributed by atoms with van der Waals surface area (Å²) in [6.07, 6.45) is 4.82. The van der Waals surface area contributed by atoms with Crippen LogP contribution < -0.4 is 11.3 Å². The molecular formula is C14H20FN3O. The van der Waals surface area contributed by atoms with Crippen LogP contribution in [0.15, 0.2) is 18.2 Å². The number of nitrogens with one attached hydrogen (secondary N) is 1. The number of benzene rings is 1. The van der Waals surface area contributed by atoms with E-state index in [0.29, 0.717) is 5.92 Å². The Kier molecular flexibility index (Phi) is 4.37. The molecule has 5 heteroatoms. The topological polar surface area (TPSA) is 58.4 Å². The zero-order valence-corrected chi connectivity index (χ0v) is 11.2. The third kappa shape index (κ3) is 3.04. The first-order valence-electron chi connectivity index (χ1n) is 6.64. The van der Waals surface area contributed by atoms with Gasteiger partial charge in [-0.2, -0.15) is 0 Å². The van der Waals surface area contributed by atoms with Gasteiger partial charge in [0.25, 0.3) is 5.91 Å². The molecule has 4 nitrogen and oxygen atoms in total. The van der Waals surface area contributed by atoms with Crippen molar-refractivity contribution in [3.63, 3.8) is 0 Å². The van der Waals surface area contributed by atoms with Crippen LogP contribution in [-0.2, 0) is 0 Å². The number of carbonyl (C=O) groups excluding carboxylic acids is 1. The van der Waals surface area contributed by atoms with Gasteiger partial charge in [0.2, 0.25) is 0 Å². The first kappa shape index (κ1) is 13.8. The Bertz CT molecular complexity index is 458. The van der Waals surface area contributed by atoms with E-state index in [1.165, 1.54) is 37.8 Å². The number of halogens is 1. The Morgan fingerprint density at radius 3 is 2.79 bits per heavy atom. The van der Waals surface area contributed by atoms with Crippen molar-refractivity contribution in [2.45, 2.75) is 25.7 Å². The van der Waals surface area contributed by atoms with Crippen molar-refractivity contribution in [2.24, 2.45) is 11.8 Å². The molecule has 1 aromatic carbocycles. The lowest BCUT2D eigenvalue weighted by Crippen LogP contribution is -2.32. The Hall–Kier alpha value is -1.62. The zero-order valence-electron chi connectivity index (χ0n) is 11.2. The summed E-state index contributed by atoms with van der Waals surface area (Å²) in [4.78, 5) is 14.0. The molecule has 0 unspecified atom stereocenters. The van der Waals surface area contributed by atoms with Gasteiger partial charge in [-0.25, -0.2) is 4.39 Å². The fourth-order valence-electron chi connectivity index (χ4n) is 2.72. The molecule has 0 radical (unpaired) electrons. The molecule has 1 amide bonds. The molecule has 0 spiro atoms. The molecule has 104 valence electrons. The van der Waals surface area contributed by atoms with E-state index in [1.54, 1.807) is 18.0 Å². The van der Waals surface area contributed by atoms with Gasteiger partial charge in [-0.05, 0) is 30.9 Å². The second-order valence-electron chi connectivity index (χ2n) is 5.14. The van der Waals surface area contributed by atoms with E-state index >= 15 is 0 Å². The summed E-state index contributed by atoms with van der Waals surface area (Å²) < 4.78 is 13.6. The van der Waals surface area contributed by atoms with E-state index in [4.69, 9.17) is 5.84 Å². The van der Waals surface area contributed by atoms with Crippen LogP contribution >= 0.6 is 0 Å². The monoisotopic (exact) mass is 265 g/mol. The molecule has 2 rings (SSSR count). The summed E-state index contributed by atoms with van der Waals surface area (Å²) in [5.41, 5.74) is 2.61. The molecule has 0 bridgehead atoms. The number of carbonyl (C=O) groups is 1. The summed E-state index contributed by atoms with van der Waals surface area (Å²) in [5.74, 6) is 5.15. The average molecular weight is 265 g/mol. The molecule has 0 aliphatic heterocycles. The smallest absolute Gasteiger partial charge is 0.255 e. The van der Waals surface area contributed by atoms with E-state index in [0.717, 1.165) is 6.54 Å². The van der Waals surface area contributed by atoms with Crippen molar-refractivity contribution >= 4 is 11.6 Å². The predicted molar refractivity (Wildman–Crippen MR) is 73.1 cm³/mol. The highest BCUT2D eigenvalue weighted by molar-refractivity contribution is 5.99.